The molecule has 3 aromatic rings. The lowest BCUT2D eigenvalue weighted by atomic mass is 10.2. The summed E-state index contributed by atoms with van der Waals surface area (Å²) in [7, 11) is 0. The van der Waals surface area contributed by atoms with Crippen molar-refractivity contribution in [3.05, 3.63) is 65.8 Å². The van der Waals surface area contributed by atoms with E-state index in [9.17, 15) is 0 Å². The second kappa shape index (κ2) is 5.93. The van der Waals surface area contributed by atoms with E-state index in [1.165, 1.54) is 0 Å². The predicted octanol–water partition coefficient (Wildman–Crippen LogP) is 3.02. The zero-order valence-electron chi connectivity index (χ0n) is 12.2. The van der Waals surface area contributed by atoms with Gasteiger partial charge < -0.3 is 9.84 Å². The van der Waals surface area contributed by atoms with Gasteiger partial charge in [0.15, 0.2) is 5.76 Å². The molecule has 2 heterocycles. The summed E-state index contributed by atoms with van der Waals surface area (Å²) < 4.78 is 7.07. The van der Waals surface area contributed by atoms with E-state index in [2.05, 4.69) is 22.5 Å². The van der Waals surface area contributed by atoms with Gasteiger partial charge in [0.1, 0.15) is 0 Å². The van der Waals surface area contributed by atoms with Gasteiger partial charge >= 0.3 is 0 Å². The van der Waals surface area contributed by atoms with Gasteiger partial charge in [0.25, 0.3) is 0 Å². The minimum atomic E-state index is 0.188. The lowest BCUT2D eigenvalue weighted by Crippen LogP contribution is -2.17. The minimum absolute atomic E-state index is 0.188. The topological polar surface area (TPSA) is 55.9 Å². The molecular formula is C16H18N4O. The molecule has 1 atom stereocenters. The molecule has 0 radical (unpaired) electrons. The first kappa shape index (κ1) is 13.6. The molecule has 0 amide bonds. The zero-order valence-corrected chi connectivity index (χ0v) is 12.2. The Morgan fingerprint density at radius 2 is 2.10 bits per heavy atom. The Bertz CT molecular complexity index is 702. The van der Waals surface area contributed by atoms with Gasteiger partial charge in [-0.2, -0.15) is 5.10 Å². The maximum Gasteiger partial charge on any atom is 0.150 e. The Labute approximate surface area is 123 Å². The largest absolute Gasteiger partial charge is 0.360 e. The van der Waals surface area contributed by atoms with Crippen molar-refractivity contribution < 1.29 is 4.52 Å². The monoisotopic (exact) mass is 282 g/mol. The summed E-state index contributed by atoms with van der Waals surface area (Å²) in [5.41, 5.74) is 3.09. The fourth-order valence-corrected chi connectivity index (χ4v) is 2.15. The number of nitrogens with zero attached hydrogens (tertiary/aromatic N) is 3. The van der Waals surface area contributed by atoms with E-state index in [1.807, 2.05) is 60.4 Å². The number of hydrogen-bond donors (Lipinski definition) is 1. The molecule has 0 bridgehead atoms. The molecule has 3 rings (SSSR count). The van der Waals surface area contributed by atoms with Crippen LogP contribution in [0.15, 0.2) is 53.3 Å². The Hall–Kier alpha value is -2.40. The SMILES string of the molecule is Cc1cc(CNC(C)c2cnn(-c3ccccc3)c2)on1. The van der Waals surface area contributed by atoms with Crippen LogP contribution in [-0.4, -0.2) is 14.9 Å². The predicted molar refractivity (Wildman–Crippen MR) is 80.1 cm³/mol. The van der Waals surface area contributed by atoms with Crippen LogP contribution in [0.1, 0.15) is 30.0 Å². The maximum absolute atomic E-state index is 5.19. The Morgan fingerprint density at radius 3 is 2.81 bits per heavy atom. The van der Waals surface area contributed by atoms with Crippen LogP contribution in [0.5, 0.6) is 0 Å². The van der Waals surface area contributed by atoms with Crippen LogP contribution >= 0.6 is 0 Å². The van der Waals surface area contributed by atoms with Crippen LogP contribution < -0.4 is 5.32 Å². The summed E-state index contributed by atoms with van der Waals surface area (Å²) in [5, 5.41) is 11.7. The maximum atomic E-state index is 5.19. The van der Waals surface area contributed by atoms with Crippen molar-refractivity contribution >= 4 is 0 Å². The van der Waals surface area contributed by atoms with E-state index in [0.29, 0.717) is 6.54 Å². The van der Waals surface area contributed by atoms with Crippen LogP contribution in [0.3, 0.4) is 0 Å². The highest BCUT2D eigenvalue weighted by Crippen LogP contribution is 2.15. The third-order valence-electron chi connectivity index (χ3n) is 3.38. The lowest BCUT2D eigenvalue weighted by Gasteiger charge is -2.09. The quantitative estimate of drug-likeness (QED) is 0.781. The fourth-order valence-electron chi connectivity index (χ4n) is 2.15. The molecule has 5 nitrogen and oxygen atoms in total. The molecule has 0 aliphatic heterocycles. The molecule has 21 heavy (non-hydrogen) atoms. The molecule has 0 saturated heterocycles. The molecule has 5 heteroatoms. The van der Waals surface area contributed by atoms with Gasteiger partial charge in [-0.25, -0.2) is 4.68 Å². The highest BCUT2D eigenvalue weighted by molar-refractivity contribution is 5.31. The molecular weight excluding hydrogens is 264 g/mol. The average Bonchev–Trinajstić information content (AvgIpc) is 3.15. The first-order chi connectivity index (χ1) is 10.2. The molecule has 108 valence electrons. The van der Waals surface area contributed by atoms with Crippen LogP contribution in [0.25, 0.3) is 5.69 Å². The smallest absolute Gasteiger partial charge is 0.150 e. The van der Waals surface area contributed by atoms with Gasteiger partial charge in [-0.1, -0.05) is 23.4 Å². The minimum Gasteiger partial charge on any atom is -0.360 e. The number of aryl methyl sites for hydroxylation is 1. The first-order valence-corrected chi connectivity index (χ1v) is 6.98. The summed E-state index contributed by atoms with van der Waals surface area (Å²) in [6, 6.07) is 12.2. The molecule has 2 aromatic heterocycles. The van der Waals surface area contributed by atoms with Gasteiger partial charge in [0.2, 0.25) is 0 Å². The third kappa shape index (κ3) is 3.20. The molecule has 0 saturated carbocycles. The van der Waals surface area contributed by atoms with Crippen molar-refractivity contribution in [2.75, 3.05) is 0 Å². The number of benzene rings is 1. The Morgan fingerprint density at radius 1 is 1.29 bits per heavy atom. The molecule has 0 fully saturated rings. The van der Waals surface area contributed by atoms with Crippen molar-refractivity contribution in [2.45, 2.75) is 26.4 Å². The second-order valence-corrected chi connectivity index (χ2v) is 5.09. The second-order valence-electron chi connectivity index (χ2n) is 5.09. The van der Waals surface area contributed by atoms with Gasteiger partial charge in [-0.05, 0) is 26.0 Å². The van der Waals surface area contributed by atoms with E-state index in [4.69, 9.17) is 4.52 Å². The highest BCUT2D eigenvalue weighted by Gasteiger charge is 2.10. The van der Waals surface area contributed by atoms with Gasteiger partial charge in [-0.15, -0.1) is 0 Å². The zero-order chi connectivity index (χ0) is 14.7. The van der Waals surface area contributed by atoms with E-state index >= 15 is 0 Å². The number of hydrogen-bond acceptors (Lipinski definition) is 4. The molecule has 0 aliphatic rings. The summed E-state index contributed by atoms with van der Waals surface area (Å²) in [4.78, 5) is 0. The van der Waals surface area contributed by atoms with Crippen molar-refractivity contribution in [1.29, 1.82) is 0 Å². The van der Waals surface area contributed by atoms with Crippen LogP contribution in [0.2, 0.25) is 0 Å². The molecule has 1 unspecified atom stereocenters. The third-order valence-corrected chi connectivity index (χ3v) is 3.38. The fraction of sp³-hybridized carbons (Fsp3) is 0.250. The van der Waals surface area contributed by atoms with E-state index in [1.54, 1.807) is 0 Å². The van der Waals surface area contributed by atoms with E-state index in [0.717, 1.165) is 22.7 Å². The molecule has 1 aromatic carbocycles. The summed E-state index contributed by atoms with van der Waals surface area (Å²) in [5.74, 6) is 0.842. The number of nitrogens with one attached hydrogen (secondary N) is 1. The standard InChI is InChI=1S/C16H18N4O/c1-12-8-16(21-19-12)10-17-13(2)14-9-18-20(11-14)15-6-4-3-5-7-15/h3-9,11,13,17H,10H2,1-2H3. The van der Waals surface area contributed by atoms with Crippen LogP contribution in [0.4, 0.5) is 0 Å². The molecule has 0 spiro atoms. The van der Waals surface area contributed by atoms with Crippen molar-refractivity contribution in [1.82, 2.24) is 20.3 Å². The Balaban J connectivity index is 1.65. The number of aromatic nitrogens is 3. The lowest BCUT2D eigenvalue weighted by molar-refractivity contribution is 0.363. The van der Waals surface area contributed by atoms with Crippen LogP contribution in [-0.2, 0) is 6.54 Å². The normalized spacial score (nSPS) is 12.5. The van der Waals surface area contributed by atoms with Gasteiger partial charge in [-0.3, -0.25) is 0 Å². The van der Waals surface area contributed by atoms with Crippen molar-refractivity contribution in [3.8, 4) is 5.69 Å². The molecule has 1 N–H and O–H groups in total. The Kier molecular flexibility index (Phi) is 3.83. The van der Waals surface area contributed by atoms with Gasteiger partial charge in [0.05, 0.1) is 24.1 Å². The van der Waals surface area contributed by atoms with E-state index < -0.39 is 0 Å². The molecule has 0 aliphatic carbocycles. The first-order valence-electron chi connectivity index (χ1n) is 6.98. The highest BCUT2D eigenvalue weighted by atomic mass is 16.5. The van der Waals surface area contributed by atoms with E-state index in [-0.39, 0.29) is 6.04 Å². The summed E-state index contributed by atoms with van der Waals surface area (Å²) in [6.07, 6.45) is 3.93. The van der Waals surface area contributed by atoms with Gasteiger partial charge in [0, 0.05) is 23.9 Å². The number of para-hydroxylation sites is 1. The summed E-state index contributed by atoms with van der Waals surface area (Å²) in [6.45, 7) is 4.68. The summed E-state index contributed by atoms with van der Waals surface area (Å²) >= 11 is 0. The average molecular weight is 282 g/mol. The van der Waals surface area contributed by atoms with Crippen molar-refractivity contribution in [3.63, 3.8) is 0 Å². The van der Waals surface area contributed by atoms with Crippen LogP contribution in [0, 0.1) is 6.92 Å². The number of rotatable bonds is 5. The van der Waals surface area contributed by atoms with Crippen molar-refractivity contribution in [2.24, 2.45) is 0 Å².